The number of aldehydes is 1. The second-order valence-corrected chi connectivity index (χ2v) is 8.51. The third-order valence-electron chi connectivity index (χ3n) is 5.24. The average molecular weight is 339 g/mol. The van der Waals surface area contributed by atoms with Gasteiger partial charge in [0.1, 0.15) is 6.29 Å². The topological polar surface area (TPSA) is 17.1 Å². The van der Waals surface area contributed by atoms with Crippen LogP contribution in [0, 0.1) is 5.41 Å². The molecule has 0 fully saturated rings. The lowest BCUT2D eigenvalue weighted by molar-refractivity contribution is -0.115. The first-order valence-electron chi connectivity index (χ1n) is 11.1. The van der Waals surface area contributed by atoms with Crippen molar-refractivity contribution in [1.82, 2.24) is 0 Å². The van der Waals surface area contributed by atoms with Crippen molar-refractivity contribution in [2.45, 2.75) is 136 Å². The third-order valence-corrected chi connectivity index (χ3v) is 5.24. The number of rotatable bonds is 19. The molecule has 0 saturated carbocycles. The minimum absolute atomic E-state index is 0.102. The maximum atomic E-state index is 10.8. The Morgan fingerprint density at radius 2 is 0.833 bits per heavy atom. The van der Waals surface area contributed by atoms with Crippen molar-refractivity contribution in [2.24, 2.45) is 5.41 Å². The zero-order valence-corrected chi connectivity index (χ0v) is 17.2. The Balaban J connectivity index is 3.06. The normalized spacial score (nSPS) is 11.8. The average Bonchev–Trinajstić information content (AvgIpc) is 2.57. The number of carbonyl (C=O) groups is 1. The maximum Gasteiger partial charge on any atom is 0.125 e. The van der Waals surface area contributed by atoms with E-state index in [0.717, 1.165) is 12.7 Å². The van der Waals surface area contributed by atoms with Gasteiger partial charge in [0.15, 0.2) is 0 Å². The first-order chi connectivity index (χ1) is 11.6. The number of hydrogen-bond acceptors (Lipinski definition) is 1. The molecule has 0 bridgehead atoms. The summed E-state index contributed by atoms with van der Waals surface area (Å²) in [6.45, 7) is 6.38. The molecule has 0 aromatic carbocycles. The second-order valence-electron chi connectivity index (χ2n) is 8.51. The SMILES string of the molecule is CCCCCCCCCCCCCCCCCCCC(C)(C)C=O. The van der Waals surface area contributed by atoms with Crippen LogP contribution in [0.4, 0.5) is 0 Å². The molecule has 0 heterocycles. The molecule has 0 N–H and O–H groups in total. The van der Waals surface area contributed by atoms with Crippen LogP contribution in [0.15, 0.2) is 0 Å². The summed E-state index contributed by atoms with van der Waals surface area (Å²) in [5.74, 6) is 0. The highest BCUT2D eigenvalue weighted by Crippen LogP contribution is 2.21. The molecule has 0 aromatic rings. The molecule has 0 unspecified atom stereocenters. The molecule has 0 spiro atoms. The van der Waals surface area contributed by atoms with Gasteiger partial charge in [0.25, 0.3) is 0 Å². The quantitative estimate of drug-likeness (QED) is 0.171. The summed E-state index contributed by atoms with van der Waals surface area (Å²) in [7, 11) is 0. The zero-order chi connectivity index (χ0) is 17.9. The molecule has 0 aliphatic heterocycles. The predicted molar refractivity (Wildman–Crippen MR) is 109 cm³/mol. The molecule has 0 saturated heterocycles. The van der Waals surface area contributed by atoms with E-state index in [-0.39, 0.29) is 5.41 Å². The van der Waals surface area contributed by atoms with Gasteiger partial charge in [-0.1, -0.05) is 130 Å². The highest BCUT2D eigenvalue weighted by atomic mass is 16.1. The van der Waals surface area contributed by atoms with Crippen LogP contribution in [0.5, 0.6) is 0 Å². The minimum atomic E-state index is -0.102. The van der Waals surface area contributed by atoms with Gasteiger partial charge in [-0.25, -0.2) is 0 Å². The summed E-state index contributed by atoms with van der Waals surface area (Å²) < 4.78 is 0. The highest BCUT2D eigenvalue weighted by molar-refractivity contribution is 5.57. The van der Waals surface area contributed by atoms with Gasteiger partial charge in [0.2, 0.25) is 0 Å². The Kier molecular flexibility index (Phi) is 17.3. The van der Waals surface area contributed by atoms with Gasteiger partial charge in [0, 0.05) is 5.41 Å². The largest absolute Gasteiger partial charge is 0.303 e. The van der Waals surface area contributed by atoms with E-state index in [2.05, 4.69) is 6.92 Å². The molecule has 1 heteroatoms. The van der Waals surface area contributed by atoms with Gasteiger partial charge < -0.3 is 4.79 Å². The summed E-state index contributed by atoms with van der Waals surface area (Å²) in [4.78, 5) is 10.8. The number of carbonyl (C=O) groups excluding carboxylic acids is 1. The molecule has 144 valence electrons. The predicted octanol–water partition coefficient (Wildman–Crippen LogP) is 8.25. The van der Waals surface area contributed by atoms with Crippen LogP contribution in [-0.2, 0) is 4.79 Å². The van der Waals surface area contributed by atoms with Crippen LogP contribution in [0.2, 0.25) is 0 Å². The van der Waals surface area contributed by atoms with Gasteiger partial charge in [-0.05, 0) is 6.42 Å². The molecule has 0 amide bonds. The van der Waals surface area contributed by atoms with Gasteiger partial charge >= 0.3 is 0 Å². The lowest BCUT2D eigenvalue weighted by Crippen LogP contribution is -2.12. The zero-order valence-electron chi connectivity index (χ0n) is 17.2. The van der Waals surface area contributed by atoms with Crippen molar-refractivity contribution in [3.8, 4) is 0 Å². The van der Waals surface area contributed by atoms with Crippen molar-refractivity contribution in [3.05, 3.63) is 0 Å². The Hall–Kier alpha value is -0.330. The first-order valence-corrected chi connectivity index (χ1v) is 11.1. The van der Waals surface area contributed by atoms with E-state index in [9.17, 15) is 4.79 Å². The van der Waals surface area contributed by atoms with E-state index in [4.69, 9.17) is 0 Å². The van der Waals surface area contributed by atoms with E-state index in [1.165, 1.54) is 109 Å². The second kappa shape index (κ2) is 17.5. The van der Waals surface area contributed by atoms with Crippen LogP contribution in [0.1, 0.15) is 136 Å². The van der Waals surface area contributed by atoms with Crippen LogP contribution < -0.4 is 0 Å². The summed E-state index contributed by atoms with van der Waals surface area (Å²) in [6.07, 6.45) is 26.1. The standard InChI is InChI=1S/C23H46O/c1-4-5-6-7-8-9-10-11-12-13-14-15-16-17-18-19-20-21-23(2,3)22-24/h22H,4-21H2,1-3H3. The van der Waals surface area contributed by atoms with E-state index < -0.39 is 0 Å². The van der Waals surface area contributed by atoms with Gasteiger partial charge in [0.05, 0.1) is 0 Å². The Bertz CT molecular complexity index is 257. The van der Waals surface area contributed by atoms with E-state index in [1.54, 1.807) is 0 Å². The smallest absolute Gasteiger partial charge is 0.125 e. The molecule has 0 rings (SSSR count). The van der Waals surface area contributed by atoms with Gasteiger partial charge in [-0.2, -0.15) is 0 Å². The fourth-order valence-corrected chi connectivity index (χ4v) is 3.36. The Morgan fingerprint density at radius 3 is 1.12 bits per heavy atom. The van der Waals surface area contributed by atoms with E-state index in [0.29, 0.717) is 0 Å². The fourth-order valence-electron chi connectivity index (χ4n) is 3.36. The molecule has 1 nitrogen and oxygen atoms in total. The lowest BCUT2D eigenvalue weighted by atomic mass is 9.88. The van der Waals surface area contributed by atoms with Crippen molar-refractivity contribution < 1.29 is 4.79 Å². The van der Waals surface area contributed by atoms with E-state index >= 15 is 0 Å². The number of unbranched alkanes of at least 4 members (excludes halogenated alkanes) is 16. The van der Waals surface area contributed by atoms with Gasteiger partial charge in [-0.3, -0.25) is 0 Å². The van der Waals surface area contributed by atoms with Crippen molar-refractivity contribution in [1.29, 1.82) is 0 Å². The van der Waals surface area contributed by atoms with Crippen LogP contribution in [-0.4, -0.2) is 6.29 Å². The summed E-state index contributed by atoms with van der Waals surface area (Å²) in [5, 5.41) is 0. The summed E-state index contributed by atoms with van der Waals surface area (Å²) in [5.41, 5.74) is -0.102. The monoisotopic (exact) mass is 338 g/mol. The molecule has 0 radical (unpaired) electrons. The molecule has 0 aliphatic carbocycles. The lowest BCUT2D eigenvalue weighted by Gasteiger charge is -2.15. The van der Waals surface area contributed by atoms with Gasteiger partial charge in [-0.15, -0.1) is 0 Å². The molecule has 0 aromatic heterocycles. The summed E-state index contributed by atoms with van der Waals surface area (Å²) >= 11 is 0. The highest BCUT2D eigenvalue weighted by Gasteiger charge is 2.14. The summed E-state index contributed by atoms with van der Waals surface area (Å²) in [6, 6.07) is 0. The van der Waals surface area contributed by atoms with Crippen LogP contribution in [0.3, 0.4) is 0 Å². The first kappa shape index (κ1) is 23.7. The molecule has 0 aliphatic rings. The molecule has 24 heavy (non-hydrogen) atoms. The Labute approximate surface area is 153 Å². The van der Waals surface area contributed by atoms with Crippen LogP contribution in [0.25, 0.3) is 0 Å². The van der Waals surface area contributed by atoms with E-state index in [1.807, 2.05) is 13.8 Å². The van der Waals surface area contributed by atoms with Crippen molar-refractivity contribution >= 4 is 6.29 Å². The Morgan fingerprint density at radius 1 is 0.542 bits per heavy atom. The molecular formula is C23H46O. The fraction of sp³-hybridized carbons (Fsp3) is 0.957. The van der Waals surface area contributed by atoms with Crippen LogP contribution >= 0.6 is 0 Å². The minimum Gasteiger partial charge on any atom is -0.303 e. The molecule has 0 atom stereocenters. The maximum absolute atomic E-state index is 10.8. The third kappa shape index (κ3) is 18.0. The van der Waals surface area contributed by atoms with Crippen molar-refractivity contribution in [3.63, 3.8) is 0 Å². The van der Waals surface area contributed by atoms with Crippen molar-refractivity contribution in [2.75, 3.05) is 0 Å². The molecular weight excluding hydrogens is 292 g/mol. The number of hydrogen-bond donors (Lipinski definition) is 0.